The highest BCUT2D eigenvalue weighted by Crippen LogP contribution is 2.22. The van der Waals surface area contributed by atoms with Crippen molar-refractivity contribution < 1.29 is 9.18 Å². The molecule has 0 saturated carbocycles. The maximum absolute atomic E-state index is 13.1. The number of amides is 1. The minimum absolute atomic E-state index is 0.0174. The highest BCUT2D eigenvalue weighted by molar-refractivity contribution is 5.90. The molecule has 150 valence electrons. The van der Waals surface area contributed by atoms with Gasteiger partial charge in [-0.1, -0.05) is 30.3 Å². The molecule has 0 fully saturated rings. The topological polar surface area (TPSA) is 81.3 Å². The van der Waals surface area contributed by atoms with E-state index >= 15 is 0 Å². The summed E-state index contributed by atoms with van der Waals surface area (Å²) in [6.07, 6.45) is 2.21. The number of rotatable bonds is 4. The van der Waals surface area contributed by atoms with Crippen molar-refractivity contribution in [2.75, 3.05) is 5.32 Å². The molecule has 4 aromatic rings. The van der Waals surface area contributed by atoms with Crippen LogP contribution in [-0.4, -0.2) is 25.1 Å². The van der Waals surface area contributed by atoms with Gasteiger partial charge in [0.2, 0.25) is 11.7 Å². The molecule has 8 heteroatoms. The molecule has 7 nitrogen and oxygen atoms in total. The lowest BCUT2D eigenvalue weighted by Gasteiger charge is -2.13. The Morgan fingerprint density at radius 1 is 1.07 bits per heavy atom. The van der Waals surface area contributed by atoms with E-state index in [4.69, 9.17) is 0 Å². The lowest BCUT2D eigenvalue weighted by Crippen LogP contribution is -2.28. The summed E-state index contributed by atoms with van der Waals surface area (Å²) in [5, 5.41) is 7.19. The zero-order valence-electron chi connectivity index (χ0n) is 16.0. The fraction of sp³-hybridized carbons (Fsp3) is 0.182. The minimum Gasteiger partial charge on any atom is -0.325 e. The van der Waals surface area contributed by atoms with Gasteiger partial charge in [0.05, 0.1) is 0 Å². The Labute approximate surface area is 170 Å². The van der Waals surface area contributed by atoms with Crippen LogP contribution in [-0.2, 0) is 24.2 Å². The molecule has 0 saturated heterocycles. The van der Waals surface area contributed by atoms with Crippen LogP contribution in [0.4, 0.5) is 10.1 Å². The second kappa shape index (κ2) is 7.22. The van der Waals surface area contributed by atoms with Crippen molar-refractivity contribution in [3.63, 3.8) is 0 Å². The highest BCUT2D eigenvalue weighted by atomic mass is 19.1. The summed E-state index contributed by atoms with van der Waals surface area (Å²) < 4.78 is 16.2. The molecule has 5 rings (SSSR count). The zero-order valence-corrected chi connectivity index (χ0v) is 16.0. The number of nitrogens with one attached hydrogen (secondary N) is 1. The Morgan fingerprint density at radius 3 is 2.60 bits per heavy atom. The predicted molar refractivity (Wildman–Crippen MR) is 110 cm³/mol. The maximum Gasteiger partial charge on any atom is 0.279 e. The zero-order chi connectivity index (χ0) is 20.7. The summed E-state index contributed by atoms with van der Waals surface area (Å²) in [6, 6.07) is 15.0. The van der Waals surface area contributed by atoms with Gasteiger partial charge in [0.25, 0.3) is 5.56 Å². The standard InChI is InChI=1S/C22H18FN5O2/c23-15-9-11-16(12-10-15)24-19(29)13-27-18-8-4-7-17(18)21(30)28-22(27)25-20(26-28)14-5-2-1-3-6-14/h1-3,5-6,9-12H,4,7-8,13H2,(H,24,29). The summed E-state index contributed by atoms with van der Waals surface area (Å²) in [4.78, 5) is 30.2. The van der Waals surface area contributed by atoms with Crippen molar-refractivity contribution in [1.82, 2.24) is 19.2 Å². The van der Waals surface area contributed by atoms with Crippen molar-refractivity contribution in [3.05, 3.63) is 82.0 Å². The van der Waals surface area contributed by atoms with Crippen molar-refractivity contribution >= 4 is 17.4 Å². The molecule has 0 unspecified atom stereocenters. The van der Waals surface area contributed by atoms with E-state index in [1.807, 2.05) is 30.3 Å². The number of hydrogen-bond donors (Lipinski definition) is 1. The molecule has 2 aromatic heterocycles. The Bertz CT molecular complexity index is 1310. The smallest absolute Gasteiger partial charge is 0.279 e. The van der Waals surface area contributed by atoms with Crippen LogP contribution in [0.15, 0.2) is 59.4 Å². The second-order valence-corrected chi connectivity index (χ2v) is 7.24. The number of aromatic nitrogens is 4. The van der Waals surface area contributed by atoms with Crippen LogP contribution in [0.1, 0.15) is 17.7 Å². The van der Waals surface area contributed by atoms with E-state index in [0.717, 1.165) is 17.7 Å². The number of anilines is 1. The molecule has 1 aliphatic carbocycles. The molecule has 1 aliphatic rings. The second-order valence-electron chi connectivity index (χ2n) is 7.24. The first-order valence-electron chi connectivity index (χ1n) is 9.72. The van der Waals surface area contributed by atoms with Crippen LogP contribution in [0.2, 0.25) is 0 Å². The summed E-state index contributed by atoms with van der Waals surface area (Å²) >= 11 is 0. The van der Waals surface area contributed by atoms with E-state index in [1.54, 1.807) is 4.57 Å². The molecule has 0 spiro atoms. The molecule has 2 heterocycles. The number of nitrogens with zero attached hydrogens (tertiary/aromatic N) is 4. The third-order valence-electron chi connectivity index (χ3n) is 5.26. The lowest BCUT2D eigenvalue weighted by atomic mass is 10.2. The molecule has 1 amide bonds. The van der Waals surface area contributed by atoms with Crippen molar-refractivity contribution in [1.29, 1.82) is 0 Å². The van der Waals surface area contributed by atoms with Crippen LogP contribution in [0.5, 0.6) is 0 Å². The van der Waals surface area contributed by atoms with E-state index in [1.165, 1.54) is 28.8 Å². The lowest BCUT2D eigenvalue weighted by molar-refractivity contribution is -0.116. The van der Waals surface area contributed by atoms with Gasteiger partial charge in [-0.3, -0.25) is 9.59 Å². The fourth-order valence-electron chi connectivity index (χ4n) is 3.87. The predicted octanol–water partition coefficient (Wildman–Crippen LogP) is 2.82. The Kier molecular flexibility index (Phi) is 4.39. The van der Waals surface area contributed by atoms with Crippen molar-refractivity contribution in [3.8, 4) is 11.4 Å². The van der Waals surface area contributed by atoms with Crippen LogP contribution in [0, 0.1) is 5.82 Å². The highest BCUT2D eigenvalue weighted by Gasteiger charge is 2.25. The number of hydrogen-bond acceptors (Lipinski definition) is 4. The first-order chi connectivity index (χ1) is 14.6. The average molecular weight is 403 g/mol. The van der Waals surface area contributed by atoms with Crippen LogP contribution in [0.25, 0.3) is 17.2 Å². The molecule has 30 heavy (non-hydrogen) atoms. The molecule has 1 N–H and O–H groups in total. The van der Waals surface area contributed by atoms with Crippen LogP contribution < -0.4 is 10.9 Å². The van der Waals surface area contributed by atoms with Gasteiger partial charge in [0.15, 0.2) is 5.82 Å². The van der Waals surface area contributed by atoms with Gasteiger partial charge in [0, 0.05) is 22.5 Å². The molecule has 2 aromatic carbocycles. The summed E-state index contributed by atoms with van der Waals surface area (Å²) in [7, 11) is 0. The molecule has 0 aliphatic heterocycles. The molecule has 0 radical (unpaired) electrons. The fourth-order valence-corrected chi connectivity index (χ4v) is 3.87. The average Bonchev–Trinajstić information content (AvgIpc) is 3.42. The summed E-state index contributed by atoms with van der Waals surface area (Å²) in [5.74, 6) is 0.119. The van der Waals surface area contributed by atoms with E-state index in [9.17, 15) is 14.0 Å². The quantitative estimate of drug-likeness (QED) is 0.568. The van der Waals surface area contributed by atoms with Gasteiger partial charge in [-0.15, -0.1) is 5.10 Å². The normalized spacial score (nSPS) is 12.8. The summed E-state index contributed by atoms with van der Waals surface area (Å²) in [6.45, 7) is -0.0174. The minimum atomic E-state index is -0.371. The van der Waals surface area contributed by atoms with Crippen LogP contribution in [0.3, 0.4) is 0 Å². The monoisotopic (exact) mass is 403 g/mol. The van der Waals surface area contributed by atoms with Gasteiger partial charge >= 0.3 is 0 Å². The van der Waals surface area contributed by atoms with E-state index in [2.05, 4.69) is 15.4 Å². The SMILES string of the molecule is O=C(Cn1c2c(c(=O)n3nc(-c4ccccc4)nc13)CCC2)Nc1ccc(F)cc1. The van der Waals surface area contributed by atoms with Gasteiger partial charge in [-0.05, 0) is 43.5 Å². The number of benzene rings is 2. The number of carbonyl (C=O) groups excluding carboxylic acids is 1. The number of halogens is 1. The van der Waals surface area contributed by atoms with Gasteiger partial charge in [0.1, 0.15) is 12.4 Å². The largest absolute Gasteiger partial charge is 0.325 e. The first-order valence-corrected chi connectivity index (χ1v) is 9.72. The Morgan fingerprint density at radius 2 is 1.83 bits per heavy atom. The maximum atomic E-state index is 13.1. The van der Waals surface area contributed by atoms with Crippen LogP contribution >= 0.6 is 0 Å². The number of carbonyl (C=O) groups is 1. The van der Waals surface area contributed by atoms with Gasteiger partial charge in [-0.25, -0.2) is 4.39 Å². The van der Waals surface area contributed by atoms with E-state index in [0.29, 0.717) is 35.7 Å². The van der Waals surface area contributed by atoms with Crippen molar-refractivity contribution in [2.24, 2.45) is 0 Å². The van der Waals surface area contributed by atoms with E-state index in [-0.39, 0.29) is 23.8 Å². The first kappa shape index (κ1) is 18.2. The Balaban J connectivity index is 1.57. The third-order valence-corrected chi connectivity index (χ3v) is 5.26. The van der Waals surface area contributed by atoms with E-state index < -0.39 is 0 Å². The third kappa shape index (κ3) is 3.16. The molecule has 0 bridgehead atoms. The molecule has 0 atom stereocenters. The molecular formula is C22H18FN5O2. The van der Waals surface area contributed by atoms with Crippen molar-refractivity contribution in [2.45, 2.75) is 25.8 Å². The Hall–Kier alpha value is -3.81. The molecular weight excluding hydrogens is 385 g/mol. The summed E-state index contributed by atoms with van der Waals surface area (Å²) in [5.41, 5.74) is 2.63. The van der Waals surface area contributed by atoms with Gasteiger partial charge < -0.3 is 9.88 Å². The van der Waals surface area contributed by atoms with Gasteiger partial charge in [-0.2, -0.15) is 9.50 Å². The number of fused-ring (bicyclic) bond motifs is 2.